The molecule has 3 rings (SSSR count). The van der Waals surface area contributed by atoms with Crippen LogP contribution in [0.1, 0.15) is 26.4 Å². The van der Waals surface area contributed by atoms with Gasteiger partial charge < -0.3 is 9.64 Å². The fourth-order valence-electron chi connectivity index (χ4n) is 2.74. The summed E-state index contributed by atoms with van der Waals surface area (Å²) >= 11 is 1.65. The lowest BCUT2D eigenvalue weighted by Crippen LogP contribution is -2.30. The number of aryl methyl sites for hydroxylation is 2. The third-order valence-electron chi connectivity index (χ3n) is 4.41. The molecule has 1 aromatic heterocycles. The summed E-state index contributed by atoms with van der Waals surface area (Å²) in [6.07, 6.45) is 1.70. The SMILES string of the molecule is C=CCOc1ccc(C(=O)N(Cc2cccs2)c2ccc(C)c(C)c2)cc1. The topological polar surface area (TPSA) is 29.5 Å². The van der Waals surface area contributed by atoms with Crippen LogP contribution in [-0.2, 0) is 6.54 Å². The Kier molecular flexibility index (Phi) is 6.09. The molecule has 4 heteroatoms. The monoisotopic (exact) mass is 377 g/mol. The van der Waals surface area contributed by atoms with Crippen LogP contribution in [0.15, 0.2) is 72.6 Å². The number of ether oxygens (including phenoxy) is 1. The molecule has 0 unspecified atom stereocenters. The van der Waals surface area contributed by atoms with Crippen LogP contribution >= 0.6 is 11.3 Å². The van der Waals surface area contributed by atoms with E-state index in [4.69, 9.17) is 4.74 Å². The van der Waals surface area contributed by atoms with Gasteiger partial charge in [-0.1, -0.05) is 24.8 Å². The number of carbonyl (C=O) groups excluding carboxylic acids is 1. The minimum atomic E-state index is -0.0260. The molecule has 2 aromatic carbocycles. The molecule has 0 aliphatic carbocycles. The second-order valence-corrected chi connectivity index (χ2v) is 7.40. The highest BCUT2D eigenvalue weighted by Gasteiger charge is 2.19. The fourth-order valence-corrected chi connectivity index (χ4v) is 3.43. The molecule has 0 bridgehead atoms. The second-order valence-electron chi connectivity index (χ2n) is 6.36. The molecule has 0 spiro atoms. The summed E-state index contributed by atoms with van der Waals surface area (Å²) in [5.41, 5.74) is 3.93. The first-order valence-corrected chi connectivity index (χ1v) is 9.71. The van der Waals surface area contributed by atoms with Gasteiger partial charge in [-0.05, 0) is 72.8 Å². The van der Waals surface area contributed by atoms with Crippen molar-refractivity contribution in [1.29, 1.82) is 0 Å². The van der Waals surface area contributed by atoms with Gasteiger partial charge in [-0.15, -0.1) is 11.3 Å². The van der Waals surface area contributed by atoms with Gasteiger partial charge in [-0.2, -0.15) is 0 Å². The largest absolute Gasteiger partial charge is 0.490 e. The highest BCUT2D eigenvalue weighted by atomic mass is 32.1. The van der Waals surface area contributed by atoms with Crippen LogP contribution < -0.4 is 9.64 Å². The normalized spacial score (nSPS) is 10.4. The molecule has 1 amide bonds. The highest BCUT2D eigenvalue weighted by Crippen LogP contribution is 2.25. The van der Waals surface area contributed by atoms with E-state index in [0.29, 0.717) is 18.7 Å². The van der Waals surface area contributed by atoms with Gasteiger partial charge in [0.05, 0.1) is 6.54 Å². The molecule has 27 heavy (non-hydrogen) atoms. The molecule has 0 radical (unpaired) electrons. The first-order chi connectivity index (χ1) is 13.1. The molecule has 1 heterocycles. The molecule has 0 N–H and O–H groups in total. The molecule has 0 atom stereocenters. The number of anilines is 1. The Morgan fingerprint density at radius 1 is 1.11 bits per heavy atom. The molecular formula is C23H23NO2S. The van der Waals surface area contributed by atoms with Crippen molar-refractivity contribution in [3.63, 3.8) is 0 Å². The van der Waals surface area contributed by atoms with E-state index in [0.717, 1.165) is 16.3 Å². The zero-order chi connectivity index (χ0) is 19.2. The van der Waals surface area contributed by atoms with Gasteiger partial charge in [0, 0.05) is 16.1 Å². The molecule has 0 aliphatic heterocycles. The lowest BCUT2D eigenvalue weighted by Gasteiger charge is -2.23. The summed E-state index contributed by atoms with van der Waals surface area (Å²) in [5, 5.41) is 2.03. The van der Waals surface area contributed by atoms with Crippen molar-refractivity contribution < 1.29 is 9.53 Å². The number of amides is 1. The zero-order valence-corrected chi connectivity index (χ0v) is 16.5. The quantitative estimate of drug-likeness (QED) is 0.489. The number of nitrogens with zero attached hydrogens (tertiary/aromatic N) is 1. The number of hydrogen-bond donors (Lipinski definition) is 0. The summed E-state index contributed by atoms with van der Waals surface area (Å²) in [6, 6.07) is 17.5. The Morgan fingerprint density at radius 3 is 2.52 bits per heavy atom. The molecular weight excluding hydrogens is 354 g/mol. The van der Waals surface area contributed by atoms with E-state index in [1.807, 2.05) is 46.7 Å². The van der Waals surface area contributed by atoms with Crippen molar-refractivity contribution in [2.24, 2.45) is 0 Å². The van der Waals surface area contributed by atoms with E-state index < -0.39 is 0 Å². The number of hydrogen-bond acceptors (Lipinski definition) is 3. The van der Waals surface area contributed by atoms with E-state index in [1.165, 1.54) is 11.1 Å². The molecule has 0 aliphatic rings. The Labute approximate surface area is 164 Å². The van der Waals surface area contributed by atoms with Crippen molar-refractivity contribution >= 4 is 22.9 Å². The van der Waals surface area contributed by atoms with Crippen LogP contribution in [0.4, 0.5) is 5.69 Å². The molecule has 138 valence electrons. The van der Waals surface area contributed by atoms with Gasteiger partial charge >= 0.3 is 0 Å². The lowest BCUT2D eigenvalue weighted by atomic mass is 10.1. The highest BCUT2D eigenvalue weighted by molar-refractivity contribution is 7.09. The summed E-state index contributed by atoms with van der Waals surface area (Å²) in [4.78, 5) is 16.2. The average molecular weight is 378 g/mol. The van der Waals surface area contributed by atoms with Crippen LogP contribution in [0.5, 0.6) is 5.75 Å². The summed E-state index contributed by atoms with van der Waals surface area (Å²) in [7, 11) is 0. The maximum atomic E-state index is 13.3. The smallest absolute Gasteiger partial charge is 0.258 e. The van der Waals surface area contributed by atoms with Crippen LogP contribution in [-0.4, -0.2) is 12.5 Å². The average Bonchev–Trinajstić information content (AvgIpc) is 3.20. The first-order valence-electron chi connectivity index (χ1n) is 8.83. The number of thiophene rings is 1. The van der Waals surface area contributed by atoms with Crippen molar-refractivity contribution in [3.8, 4) is 5.75 Å². The fraction of sp³-hybridized carbons (Fsp3) is 0.174. The molecule has 0 saturated carbocycles. The Hall–Kier alpha value is -2.85. The van der Waals surface area contributed by atoms with Gasteiger partial charge in [0.15, 0.2) is 0 Å². The summed E-state index contributed by atoms with van der Waals surface area (Å²) in [5.74, 6) is 0.698. The van der Waals surface area contributed by atoms with Gasteiger partial charge in [0.25, 0.3) is 5.91 Å². The molecule has 3 aromatic rings. The van der Waals surface area contributed by atoms with Crippen molar-refractivity contribution in [2.45, 2.75) is 20.4 Å². The van der Waals surface area contributed by atoms with Crippen molar-refractivity contribution in [3.05, 3.63) is 94.2 Å². The van der Waals surface area contributed by atoms with Crippen molar-refractivity contribution in [2.75, 3.05) is 11.5 Å². The van der Waals surface area contributed by atoms with E-state index in [-0.39, 0.29) is 5.91 Å². The number of rotatable bonds is 7. The van der Waals surface area contributed by atoms with E-state index in [9.17, 15) is 4.79 Å². The number of carbonyl (C=O) groups is 1. The summed E-state index contributed by atoms with van der Waals surface area (Å²) < 4.78 is 5.51. The van der Waals surface area contributed by atoms with E-state index in [1.54, 1.807) is 17.4 Å². The van der Waals surface area contributed by atoms with Crippen LogP contribution in [0.2, 0.25) is 0 Å². The van der Waals surface area contributed by atoms with Crippen LogP contribution in [0.3, 0.4) is 0 Å². The van der Waals surface area contributed by atoms with Crippen molar-refractivity contribution in [1.82, 2.24) is 0 Å². The molecule has 0 saturated heterocycles. The van der Waals surface area contributed by atoms with Gasteiger partial charge in [-0.3, -0.25) is 4.79 Å². The van der Waals surface area contributed by atoms with Crippen LogP contribution in [0.25, 0.3) is 0 Å². The maximum Gasteiger partial charge on any atom is 0.258 e. The Balaban J connectivity index is 1.90. The lowest BCUT2D eigenvalue weighted by molar-refractivity contribution is 0.0985. The minimum absolute atomic E-state index is 0.0260. The minimum Gasteiger partial charge on any atom is -0.490 e. The Morgan fingerprint density at radius 2 is 1.89 bits per heavy atom. The zero-order valence-electron chi connectivity index (χ0n) is 15.6. The van der Waals surface area contributed by atoms with Gasteiger partial charge in [0.1, 0.15) is 12.4 Å². The maximum absolute atomic E-state index is 13.3. The molecule has 0 fully saturated rings. The first kappa shape index (κ1) is 18.9. The predicted molar refractivity (Wildman–Crippen MR) is 113 cm³/mol. The predicted octanol–water partition coefficient (Wildman–Crippen LogP) is 5.78. The molecule has 3 nitrogen and oxygen atoms in total. The third kappa shape index (κ3) is 4.66. The standard InChI is InChI=1S/C23H23NO2S/c1-4-13-26-21-11-8-19(9-12-21)23(25)24(16-22-6-5-14-27-22)20-10-7-17(2)18(3)15-20/h4-12,14-15H,1,13,16H2,2-3H3. The van der Waals surface area contributed by atoms with E-state index >= 15 is 0 Å². The van der Waals surface area contributed by atoms with Gasteiger partial charge in [-0.25, -0.2) is 0 Å². The second kappa shape index (κ2) is 8.69. The van der Waals surface area contributed by atoms with Crippen LogP contribution in [0, 0.1) is 13.8 Å². The summed E-state index contributed by atoms with van der Waals surface area (Å²) in [6.45, 7) is 8.78. The van der Waals surface area contributed by atoms with E-state index in [2.05, 4.69) is 38.6 Å². The van der Waals surface area contributed by atoms with Gasteiger partial charge in [0.2, 0.25) is 0 Å². The number of benzene rings is 2. The Bertz CT molecular complexity index is 914. The third-order valence-corrected chi connectivity index (χ3v) is 5.27.